The zero-order chi connectivity index (χ0) is 16.7. The zero-order valence-corrected chi connectivity index (χ0v) is 14.6. The number of carbonyl (C=O) groups is 2. The number of halogens is 1. The highest BCUT2D eigenvalue weighted by Gasteiger charge is 2.10. The second-order valence-electron chi connectivity index (χ2n) is 4.53. The molecule has 0 bridgehead atoms. The maximum atomic E-state index is 12.0. The number of hydrogen-bond acceptors (Lipinski definition) is 7. The maximum absolute atomic E-state index is 12.0. The summed E-state index contributed by atoms with van der Waals surface area (Å²) in [6.45, 7) is 0.480. The summed E-state index contributed by atoms with van der Waals surface area (Å²) in [5.74, 6) is -0.189. The minimum atomic E-state index is -0.456. The van der Waals surface area contributed by atoms with Crippen molar-refractivity contribution >= 4 is 35.6 Å². The fourth-order valence-corrected chi connectivity index (χ4v) is 2.38. The lowest BCUT2D eigenvalue weighted by Gasteiger charge is -2.08. The van der Waals surface area contributed by atoms with E-state index in [2.05, 4.69) is 15.0 Å². The summed E-state index contributed by atoms with van der Waals surface area (Å²) in [6, 6.07) is 7.10. The van der Waals surface area contributed by atoms with Crippen LogP contribution in [0.4, 0.5) is 0 Å². The number of rotatable bonds is 7. The summed E-state index contributed by atoms with van der Waals surface area (Å²) in [6.07, 6.45) is 0. The Kier molecular flexibility index (Phi) is 8.17. The summed E-state index contributed by atoms with van der Waals surface area (Å²) in [4.78, 5) is 27.2. The van der Waals surface area contributed by atoms with Crippen molar-refractivity contribution in [1.82, 2.24) is 10.3 Å². The van der Waals surface area contributed by atoms with Crippen molar-refractivity contribution in [3.05, 3.63) is 45.9 Å². The van der Waals surface area contributed by atoms with Crippen LogP contribution < -0.4 is 15.8 Å². The number of nitrogens with zero attached hydrogens (tertiary/aromatic N) is 1. The van der Waals surface area contributed by atoms with Gasteiger partial charge in [0.2, 0.25) is 0 Å². The first-order valence-electron chi connectivity index (χ1n) is 6.83. The van der Waals surface area contributed by atoms with Crippen LogP contribution in [0.15, 0.2) is 29.6 Å². The zero-order valence-electron chi connectivity index (χ0n) is 13.0. The topological polar surface area (TPSA) is 104 Å². The molecular weight excluding hydrogens is 354 g/mol. The summed E-state index contributed by atoms with van der Waals surface area (Å²) in [5, 5.41) is 5.16. The number of thiazole rings is 1. The van der Waals surface area contributed by atoms with Crippen LogP contribution in [-0.4, -0.2) is 30.6 Å². The van der Waals surface area contributed by atoms with E-state index in [9.17, 15) is 9.59 Å². The Labute approximate surface area is 149 Å². The quantitative estimate of drug-likeness (QED) is 0.715. The smallest absolute Gasteiger partial charge is 0.343 e. The van der Waals surface area contributed by atoms with Crippen molar-refractivity contribution in [3.63, 3.8) is 0 Å². The lowest BCUT2D eigenvalue weighted by Crippen LogP contribution is -2.23. The SMILES string of the molecule is COC(=O)COc1cccc(CNC(=O)c2csc(CN)n2)c1.Cl. The van der Waals surface area contributed by atoms with Gasteiger partial charge in [-0.05, 0) is 17.7 Å². The normalized spacial score (nSPS) is 9.75. The van der Waals surface area contributed by atoms with Gasteiger partial charge in [0.1, 0.15) is 16.5 Å². The molecule has 0 unspecified atom stereocenters. The van der Waals surface area contributed by atoms with Crippen LogP contribution >= 0.6 is 23.7 Å². The number of nitrogens with two attached hydrogens (primary N) is 1. The van der Waals surface area contributed by atoms with E-state index >= 15 is 0 Å². The van der Waals surface area contributed by atoms with E-state index in [0.29, 0.717) is 29.5 Å². The number of benzene rings is 1. The molecule has 0 radical (unpaired) electrons. The van der Waals surface area contributed by atoms with E-state index in [4.69, 9.17) is 10.5 Å². The third-order valence-corrected chi connectivity index (χ3v) is 3.77. The predicted molar refractivity (Wildman–Crippen MR) is 92.4 cm³/mol. The van der Waals surface area contributed by atoms with Gasteiger partial charge in [0.15, 0.2) is 6.61 Å². The molecular formula is C15H18ClN3O4S. The standard InChI is InChI=1S/C15H17N3O4S.ClH/c1-21-14(19)8-22-11-4-2-3-10(5-11)7-17-15(20)12-9-23-13(6-16)18-12;/h2-5,9H,6-8,16H2,1H3,(H,17,20);1H. The van der Waals surface area contributed by atoms with Crippen LogP contribution in [0.1, 0.15) is 21.1 Å². The van der Waals surface area contributed by atoms with E-state index in [1.165, 1.54) is 18.4 Å². The molecule has 1 amide bonds. The summed E-state index contributed by atoms with van der Waals surface area (Å²) < 4.78 is 9.80. The average molecular weight is 372 g/mol. The molecule has 0 saturated carbocycles. The van der Waals surface area contributed by atoms with E-state index in [0.717, 1.165) is 5.56 Å². The second kappa shape index (κ2) is 9.86. The molecule has 2 aromatic rings. The first-order valence-corrected chi connectivity index (χ1v) is 7.71. The number of ether oxygens (including phenoxy) is 2. The highest BCUT2D eigenvalue weighted by molar-refractivity contribution is 7.09. The second-order valence-corrected chi connectivity index (χ2v) is 5.47. The van der Waals surface area contributed by atoms with Crippen molar-refractivity contribution in [2.75, 3.05) is 13.7 Å². The van der Waals surface area contributed by atoms with Gasteiger partial charge in [-0.25, -0.2) is 9.78 Å². The van der Waals surface area contributed by atoms with Crippen LogP contribution in [0.3, 0.4) is 0 Å². The van der Waals surface area contributed by atoms with E-state index in [1.807, 2.05) is 6.07 Å². The Hall–Kier alpha value is -2.16. The molecule has 1 heterocycles. The van der Waals surface area contributed by atoms with Gasteiger partial charge in [0, 0.05) is 18.5 Å². The van der Waals surface area contributed by atoms with Gasteiger partial charge in [0.05, 0.1) is 7.11 Å². The Morgan fingerprint density at radius 2 is 2.17 bits per heavy atom. The Balaban J connectivity index is 0.00000288. The molecule has 3 N–H and O–H groups in total. The van der Waals surface area contributed by atoms with Crippen LogP contribution in [0.5, 0.6) is 5.75 Å². The number of amides is 1. The van der Waals surface area contributed by atoms with Gasteiger partial charge in [-0.1, -0.05) is 12.1 Å². The highest BCUT2D eigenvalue weighted by atomic mass is 35.5. The maximum Gasteiger partial charge on any atom is 0.343 e. The highest BCUT2D eigenvalue weighted by Crippen LogP contribution is 2.14. The van der Waals surface area contributed by atoms with Gasteiger partial charge < -0.3 is 20.5 Å². The monoisotopic (exact) mass is 371 g/mol. The number of nitrogens with one attached hydrogen (secondary N) is 1. The molecule has 1 aromatic carbocycles. The number of esters is 1. The molecule has 0 fully saturated rings. The van der Waals surface area contributed by atoms with Crippen molar-refractivity contribution in [2.24, 2.45) is 5.73 Å². The van der Waals surface area contributed by atoms with E-state index < -0.39 is 5.97 Å². The average Bonchev–Trinajstić information content (AvgIpc) is 3.07. The van der Waals surface area contributed by atoms with E-state index in [1.54, 1.807) is 23.6 Å². The molecule has 0 saturated heterocycles. The molecule has 7 nitrogen and oxygen atoms in total. The first-order chi connectivity index (χ1) is 11.1. The van der Waals surface area contributed by atoms with Crippen molar-refractivity contribution in [3.8, 4) is 5.75 Å². The lowest BCUT2D eigenvalue weighted by atomic mass is 10.2. The van der Waals surface area contributed by atoms with Gasteiger partial charge in [0.25, 0.3) is 5.91 Å². The third-order valence-electron chi connectivity index (χ3n) is 2.89. The molecule has 9 heteroatoms. The van der Waals surface area contributed by atoms with Gasteiger partial charge in [-0.2, -0.15) is 0 Å². The Morgan fingerprint density at radius 3 is 2.83 bits per heavy atom. The van der Waals surface area contributed by atoms with Gasteiger partial charge in [-0.3, -0.25) is 4.79 Å². The summed E-state index contributed by atoms with van der Waals surface area (Å²) in [5.41, 5.74) is 6.67. The van der Waals surface area contributed by atoms with Gasteiger partial charge >= 0.3 is 5.97 Å². The largest absolute Gasteiger partial charge is 0.482 e. The van der Waals surface area contributed by atoms with Crippen LogP contribution in [0.2, 0.25) is 0 Å². The summed E-state index contributed by atoms with van der Waals surface area (Å²) >= 11 is 1.35. The van der Waals surface area contributed by atoms with Crippen LogP contribution in [-0.2, 0) is 22.6 Å². The molecule has 0 aliphatic rings. The fourth-order valence-electron chi connectivity index (χ4n) is 1.73. The molecule has 24 heavy (non-hydrogen) atoms. The predicted octanol–water partition coefficient (Wildman–Crippen LogP) is 1.51. The molecule has 0 aliphatic heterocycles. The number of hydrogen-bond donors (Lipinski definition) is 2. The van der Waals surface area contributed by atoms with Crippen LogP contribution in [0, 0.1) is 0 Å². The van der Waals surface area contributed by atoms with Crippen molar-refractivity contribution in [2.45, 2.75) is 13.1 Å². The fraction of sp³-hybridized carbons (Fsp3) is 0.267. The number of methoxy groups -OCH3 is 1. The lowest BCUT2D eigenvalue weighted by molar-refractivity contribution is -0.142. The Bertz CT molecular complexity index is 693. The van der Waals surface area contributed by atoms with E-state index in [-0.39, 0.29) is 24.9 Å². The molecule has 0 aliphatic carbocycles. The minimum absolute atomic E-state index is 0. The number of carbonyl (C=O) groups excluding carboxylic acids is 2. The molecule has 0 atom stereocenters. The van der Waals surface area contributed by atoms with Gasteiger partial charge in [-0.15, -0.1) is 23.7 Å². The van der Waals surface area contributed by atoms with Crippen molar-refractivity contribution in [1.29, 1.82) is 0 Å². The molecule has 2 rings (SSSR count). The minimum Gasteiger partial charge on any atom is -0.482 e. The van der Waals surface area contributed by atoms with Crippen molar-refractivity contribution < 1.29 is 19.1 Å². The van der Waals surface area contributed by atoms with Crippen LogP contribution in [0.25, 0.3) is 0 Å². The third kappa shape index (κ3) is 5.80. The molecule has 1 aromatic heterocycles. The molecule has 0 spiro atoms. The number of aromatic nitrogens is 1. The Morgan fingerprint density at radius 1 is 1.38 bits per heavy atom. The molecule has 130 valence electrons. The summed E-state index contributed by atoms with van der Waals surface area (Å²) in [7, 11) is 1.30. The first kappa shape index (κ1) is 19.9.